The first kappa shape index (κ1) is 14.6. The van der Waals surface area contributed by atoms with Crippen molar-refractivity contribution >= 4 is 6.09 Å². The van der Waals surface area contributed by atoms with Gasteiger partial charge >= 0.3 is 6.09 Å². The molecule has 19 heavy (non-hydrogen) atoms. The number of hydrogen-bond acceptors (Lipinski definition) is 3. The number of carbonyl (C=O) groups is 1. The van der Waals surface area contributed by atoms with Crippen LogP contribution in [0.5, 0.6) is 0 Å². The molecule has 2 fully saturated rings. The number of hydrogen-bond donors (Lipinski definition) is 1. The van der Waals surface area contributed by atoms with Gasteiger partial charge in [0.2, 0.25) is 0 Å². The van der Waals surface area contributed by atoms with Crippen LogP contribution in [-0.4, -0.2) is 42.3 Å². The molecule has 0 aromatic carbocycles. The first-order valence-corrected chi connectivity index (χ1v) is 7.65. The summed E-state index contributed by atoms with van der Waals surface area (Å²) in [5, 5.41) is 3.62. The Kier molecular flexibility index (Phi) is 4.71. The topological polar surface area (TPSA) is 41.6 Å². The Bertz CT molecular complexity index is 308. The summed E-state index contributed by atoms with van der Waals surface area (Å²) >= 11 is 0. The van der Waals surface area contributed by atoms with Crippen LogP contribution in [-0.2, 0) is 4.74 Å². The van der Waals surface area contributed by atoms with Crippen LogP contribution in [0.2, 0.25) is 0 Å². The van der Waals surface area contributed by atoms with Gasteiger partial charge in [-0.1, -0.05) is 6.42 Å². The fourth-order valence-corrected chi connectivity index (χ4v) is 2.46. The van der Waals surface area contributed by atoms with Gasteiger partial charge < -0.3 is 15.0 Å². The minimum absolute atomic E-state index is 0.160. The van der Waals surface area contributed by atoms with Crippen LogP contribution >= 0.6 is 0 Å². The number of nitrogens with one attached hydrogen (secondary N) is 1. The zero-order chi connectivity index (χ0) is 13.9. The molecule has 0 aromatic heterocycles. The summed E-state index contributed by atoms with van der Waals surface area (Å²) in [5.41, 5.74) is -0.402. The van der Waals surface area contributed by atoms with E-state index in [4.69, 9.17) is 4.74 Å². The summed E-state index contributed by atoms with van der Waals surface area (Å²) in [6, 6.07) is 0.440. The van der Waals surface area contributed by atoms with E-state index in [-0.39, 0.29) is 6.09 Å². The third-order valence-electron chi connectivity index (χ3n) is 3.72. The van der Waals surface area contributed by atoms with Crippen LogP contribution < -0.4 is 5.32 Å². The lowest BCUT2D eigenvalue weighted by Gasteiger charge is -2.28. The normalized spacial score (nSPS) is 25.0. The van der Waals surface area contributed by atoms with Crippen molar-refractivity contribution in [3.8, 4) is 0 Å². The highest BCUT2D eigenvalue weighted by atomic mass is 16.6. The van der Waals surface area contributed by atoms with Crippen molar-refractivity contribution in [1.82, 2.24) is 10.2 Å². The maximum Gasteiger partial charge on any atom is 0.410 e. The third kappa shape index (κ3) is 5.39. The van der Waals surface area contributed by atoms with Gasteiger partial charge in [0.25, 0.3) is 0 Å². The number of likely N-dealkylation sites (tertiary alicyclic amines) is 1. The van der Waals surface area contributed by atoms with Crippen LogP contribution in [0, 0.1) is 5.92 Å². The molecule has 2 aliphatic rings. The lowest BCUT2D eigenvalue weighted by Crippen LogP contribution is -2.44. The molecular formula is C15H28N2O2. The minimum Gasteiger partial charge on any atom is -0.444 e. The second-order valence-corrected chi connectivity index (χ2v) is 6.97. The molecule has 4 heteroatoms. The summed E-state index contributed by atoms with van der Waals surface area (Å²) in [6.07, 6.45) is 6.03. The zero-order valence-electron chi connectivity index (χ0n) is 12.6. The van der Waals surface area contributed by atoms with Crippen LogP contribution in [0.1, 0.15) is 52.9 Å². The highest BCUT2D eigenvalue weighted by Crippen LogP contribution is 2.28. The molecule has 1 unspecified atom stereocenters. The summed E-state index contributed by atoms with van der Waals surface area (Å²) < 4.78 is 5.48. The summed E-state index contributed by atoms with van der Waals surface area (Å²) in [4.78, 5) is 14.0. The fraction of sp³-hybridized carbons (Fsp3) is 0.933. The van der Waals surface area contributed by atoms with Gasteiger partial charge in [-0.2, -0.15) is 0 Å². The molecule has 0 radical (unpaired) electrons. The summed E-state index contributed by atoms with van der Waals surface area (Å²) in [6.45, 7) is 8.51. The monoisotopic (exact) mass is 268 g/mol. The molecule has 0 aromatic rings. The Labute approximate surface area is 116 Å². The Morgan fingerprint density at radius 2 is 2.00 bits per heavy atom. The smallest absolute Gasteiger partial charge is 0.410 e. The minimum atomic E-state index is -0.402. The van der Waals surface area contributed by atoms with E-state index in [2.05, 4.69) is 5.32 Å². The molecule has 2 rings (SSSR count). The Morgan fingerprint density at radius 3 is 2.63 bits per heavy atom. The van der Waals surface area contributed by atoms with Gasteiger partial charge in [-0.25, -0.2) is 4.79 Å². The number of ether oxygens (including phenoxy) is 1. The molecule has 0 spiro atoms. The Hall–Kier alpha value is -0.770. The number of rotatable bonds is 3. The molecule has 1 aliphatic heterocycles. The van der Waals surface area contributed by atoms with Gasteiger partial charge in [-0.05, 0) is 58.9 Å². The molecular weight excluding hydrogens is 240 g/mol. The number of nitrogens with zero attached hydrogens (tertiary/aromatic N) is 1. The molecule has 1 amide bonds. The van der Waals surface area contributed by atoms with E-state index >= 15 is 0 Å². The van der Waals surface area contributed by atoms with E-state index in [1.807, 2.05) is 25.7 Å². The molecule has 110 valence electrons. The first-order chi connectivity index (χ1) is 8.94. The maximum absolute atomic E-state index is 12.1. The van der Waals surface area contributed by atoms with Gasteiger partial charge in [0, 0.05) is 19.1 Å². The fourth-order valence-electron chi connectivity index (χ4n) is 2.46. The van der Waals surface area contributed by atoms with Gasteiger partial charge in [0.15, 0.2) is 0 Å². The second kappa shape index (κ2) is 6.12. The first-order valence-electron chi connectivity index (χ1n) is 7.65. The van der Waals surface area contributed by atoms with Crippen molar-refractivity contribution < 1.29 is 9.53 Å². The van der Waals surface area contributed by atoms with Gasteiger partial charge in [-0.15, -0.1) is 0 Å². The quantitative estimate of drug-likeness (QED) is 0.855. The zero-order valence-corrected chi connectivity index (χ0v) is 12.6. The maximum atomic E-state index is 12.1. The van der Waals surface area contributed by atoms with E-state index in [1.54, 1.807) is 0 Å². The average Bonchev–Trinajstić information content (AvgIpc) is 3.11. The van der Waals surface area contributed by atoms with Crippen LogP contribution in [0.25, 0.3) is 0 Å². The SMILES string of the molecule is CC(C)(C)OC(=O)N1CCCCC(NCC2CC2)C1. The summed E-state index contributed by atoms with van der Waals surface area (Å²) in [7, 11) is 0. The van der Waals surface area contributed by atoms with Gasteiger partial charge in [-0.3, -0.25) is 0 Å². The van der Waals surface area contributed by atoms with Crippen molar-refractivity contribution in [2.24, 2.45) is 5.92 Å². The lowest BCUT2D eigenvalue weighted by atomic mass is 10.1. The van der Waals surface area contributed by atoms with E-state index < -0.39 is 5.60 Å². The van der Waals surface area contributed by atoms with Crippen molar-refractivity contribution in [2.45, 2.75) is 64.5 Å². The van der Waals surface area contributed by atoms with Crippen LogP contribution in [0.15, 0.2) is 0 Å². The van der Waals surface area contributed by atoms with Gasteiger partial charge in [0.1, 0.15) is 5.60 Å². The highest BCUT2D eigenvalue weighted by Gasteiger charge is 2.27. The van der Waals surface area contributed by atoms with Crippen molar-refractivity contribution in [1.29, 1.82) is 0 Å². The Morgan fingerprint density at radius 1 is 1.26 bits per heavy atom. The molecule has 1 saturated carbocycles. The van der Waals surface area contributed by atoms with Crippen molar-refractivity contribution in [3.63, 3.8) is 0 Å². The molecule has 1 atom stereocenters. The van der Waals surface area contributed by atoms with E-state index in [1.165, 1.54) is 25.7 Å². The largest absolute Gasteiger partial charge is 0.444 e. The van der Waals surface area contributed by atoms with Crippen LogP contribution in [0.4, 0.5) is 4.79 Å². The number of amides is 1. The van der Waals surface area contributed by atoms with E-state index in [9.17, 15) is 4.79 Å². The predicted octanol–water partition coefficient (Wildman–Crippen LogP) is 2.78. The number of carbonyl (C=O) groups excluding carboxylic acids is 1. The third-order valence-corrected chi connectivity index (χ3v) is 3.72. The lowest BCUT2D eigenvalue weighted by molar-refractivity contribution is 0.0244. The van der Waals surface area contributed by atoms with Crippen molar-refractivity contribution in [3.05, 3.63) is 0 Å². The molecule has 4 nitrogen and oxygen atoms in total. The molecule has 1 N–H and O–H groups in total. The highest BCUT2D eigenvalue weighted by molar-refractivity contribution is 5.68. The van der Waals surface area contributed by atoms with Crippen molar-refractivity contribution in [2.75, 3.05) is 19.6 Å². The Balaban J connectivity index is 1.82. The summed E-state index contributed by atoms with van der Waals surface area (Å²) in [5.74, 6) is 0.887. The standard InChI is InChI=1S/C15H28N2O2/c1-15(2,3)19-14(18)17-9-5-4-6-13(11-17)16-10-12-7-8-12/h12-13,16H,4-11H2,1-3H3. The van der Waals surface area contributed by atoms with Gasteiger partial charge in [0.05, 0.1) is 0 Å². The second-order valence-electron chi connectivity index (χ2n) is 6.97. The molecule has 0 bridgehead atoms. The molecule has 1 aliphatic carbocycles. The van der Waals surface area contributed by atoms with Crippen LogP contribution in [0.3, 0.4) is 0 Å². The van der Waals surface area contributed by atoms with E-state index in [0.717, 1.165) is 32.0 Å². The average molecular weight is 268 g/mol. The molecule has 1 heterocycles. The molecule has 1 saturated heterocycles. The predicted molar refractivity (Wildman–Crippen MR) is 76.2 cm³/mol. The van der Waals surface area contributed by atoms with E-state index in [0.29, 0.717) is 6.04 Å².